The SMILES string of the molecule is O=Cc1cc(F)c(C(=O)O)cc1Br. The molecule has 13 heavy (non-hydrogen) atoms. The third-order valence-corrected chi connectivity index (χ3v) is 2.13. The molecule has 0 aromatic heterocycles. The van der Waals surface area contributed by atoms with Crippen LogP contribution in [0.15, 0.2) is 16.6 Å². The Bertz CT molecular complexity index is 376. The van der Waals surface area contributed by atoms with Crippen molar-refractivity contribution in [2.45, 2.75) is 0 Å². The van der Waals surface area contributed by atoms with Crippen LogP contribution in [0.3, 0.4) is 0 Å². The van der Waals surface area contributed by atoms with Crippen LogP contribution in [0.4, 0.5) is 4.39 Å². The van der Waals surface area contributed by atoms with E-state index in [1.165, 1.54) is 0 Å². The fraction of sp³-hybridized carbons (Fsp3) is 0. The summed E-state index contributed by atoms with van der Waals surface area (Å²) in [6, 6.07) is 1.93. The Morgan fingerprint density at radius 1 is 1.54 bits per heavy atom. The predicted octanol–water partition coefficient (Wildman–Crippen LogP) is 2.10. The van der Waals surface area contributed by atoms with Gasteiger partial charge in [0.25, 0.3) is 0 Å². The molecule has 0 unspecified atom stereocenters. The zero-order valence-corrected chi connectivity index (χ0v) is 7.84. The van der Waals surface area contributed by atoms with Crippen LogP contribution < -0.4 is 0 Å². The summed E-state index contributed by atoms with van der Waals surface area (Å²) in [7, 11) is 0. The molecule has 0 fully saturated rings. The lowest BCUT2D eigenvalue weighted by atomic mass is 10.1. The minimum Gasteiger partial charge on any atom is -0.478 e. The van der Waals surface area contributed by atoms with Gasteiger partial charge < -0.3 is 5.11 Å². The number of hydrogen-bond donors (Lipinski definition) is 1. The highest BCUT2D eigenvalue weighted by molar-refractivity contribution is 9.10. The second-order valence-electron chi connectivity index (χ2n) is 2.28. The van der Waals surface area contributed by atoms with Crippen LogP contribution in [-0.4, -0.2) is 17.4 Å². The first-order valence-corrected chi connectivity index (χ1v) is 4.03. The zero-order valence-electron chi connectivity index (χ0n) is 6.25. The lowest BCUT2D eigenvalue weighted by molar-refractivity contribution is 0.0691. The van der Waals surface area contributed by atoms with Crippen LogP contribution in [0.25, 0.3) is 0 Å². The quantitative estimate of drug-likeness (QED) is 0.814. The van der Waals surface area contributed by atoms with Gasteiger partial charge >= 0.3 is 5.97 Å². The minimum atomic E-state index is -1.37. The smallest absolute Gasteiger partial charge is 0.338 e. The van der Waals surface area contributed by atoms with Gasteiger partial charge in [-0.05, 0) is 12.1 Å². The van der Waals surface area contributed by atoms with Crippen molar-refractivity contribution in [2.75, 3.05) is 0 Å². The maximum Gasteiger partial charge on any atom is 0.338 e. The van der Waals surface area contributed by atoms with Crippen molar-refractivity contribution in [1.29, 1.82) is 0 Å². The highest BCUT2D eigenvalue weighted by atomic mass is 79.9. The third-order valence-electron chi connectivity index (χ3n) is 1.44. The van der Waals surface area contributed by atoms with Crippen molar-refractivity contribution in [3.63, 3.8) is 0 Å². The molecule has 0 aliphatic heterocycles. The molecule has 1 N–H and O–H groups in total. The molecule has 1 aromatic carbocycles. The van der Waals surface area contributed by atoms with E-state index in [1.54, 1.807) is 0 Å². The van der Waals surface area contributed by atoms with Crippen molar-refractivity contribution >= 4 is 28.2 Å². The van der Waals surface area contributed by atoms with Gasteiger partial charge in [-0.15, -0.1) is 0 Å². The van der Waals surface area contributed by atoms with Gasteiger partial charge in [0.05, 0.1) is 5.56 Å². The molecular weight excluding hydrogens is 243 g/mol. The molecule has 0 amide bonds. The van der Waals surface area contributed by atoms with E-state index in [0.29, 0.717) is 6.29 Å². The summed E-state index contributed by atoms with van der Waals surface area (Å²) in [5.74, 6) is -2.28. The number of carbonyl (C=O) groups is 2. The van der Waals surface area contributed by atoms with Crippen LogP contribution in [-0.2, 0) is 0 Å². The zero-order chi connectivity index (χ0) is 10.0. The highest BCUT2D eigenvalue weighted by Crippen LogP contribution is 2.19. The fourth-order valence-electron chi connectivity index (χ4n) is 0.816. The molecule has 0 saturated carbocycles. The van der Waals surface area contributed by atoms with Crippen LogP contribution in [0.5, 0.6) is 0 Å². The Morgan fingerprint density at radius 3 is 2.62 bits per heavy atom. The summed E-state index contributed by atoms with van der Waals surface area (Å²) in [6.07, 6.45) is 0.443. The normalized spacial score (nSPS) is 9.69. The van der Waals surface area contributed by atoms with Crippen LogP contribution in [0.2, 0.25) is 0 Å². The minimum absolute atomic E-state index is 0.0856. The van der Waals surface area contributed by atoms with E-state index >= 15 is 0 Å². The maximum absolute atomic E-state index is 12.9. The summed E-state index contributed by atoms with van der Waals surface area (Å²) in [6.45, 7) is 0. The molecule has 5 heteroatoms. The van der Waals surface area contributed by atoms with Gasteiger partial charge in [0, 0.05) is 10.0 Å². The maximum atomic E-state index is 12.9. The average Bonchev–Trinajstić information content (AvgIpc) is 2.07. The number of halogens is 2. The Hall–Kier alpha value is -1.23. The molecule has 0 spiro atoms. The van der Waals surface area contributed by atoms with Crippen LogP contribution in [0.1, 0.15) is 20.7 Å². The molecule has 1 rings (SSSR count). The number of carbonyl (C=O) groups excluding carboxylic acids is 1. The number of hydrogen-bond acceptors (Lipinski definition) is 2. The number of rotatable bonds is 2. The second-order valence-corrected chi connectivity index (χ2v) is 3.13. The Balaban J connectivity index is 3.36. The average molecular weight is 247 g/mol. The van der Waals surface area contributed by atoms with Gasteiger partial charge in [0.1, 0.15) is 5.82 Å². The first-order valence-electron chi connectivity index (χ1n) is 3.23. The van der Waals surface area contributed by atoms with E-state index in [2.05, 4.69) is 15.9 Å². The molecule has 0 radical (unpaired) electrons. The number of benzene rings is 1. The van der Waals surface area contributed by atoms with Crippen molar-refractivity contribution < 1.29 is 19.1 Å². The number of aromatic carboxylic acids is 1. The third kappa shape index (κ3) is 1.92. The molecule has 0 atom stereocenters. The summed E-state index contributed by atoms with van der Waals surface area (Å²) in [4.78, 5) is 20.7. The molecule has 0 heterocycles. The fourth-order valence-corrected chi connectivity index (χ4v) is 1.25. The van der Waals surface area contributed by atoms with E-state index in [4.69, 9.17) is 5.11 Å². The van der Waals surface area contributed by atoms with E-state index < -0.39 is 17.3 Å². The molecule has 0 saturated heterocycles. The lowest BCUT2D eigenvalue weighted by Crippen LogP contribution is -2.01. The lowest BCUT2D eigenvalue weighted by Gasteiger charge is -2.00. The summed E-state index contributed by atoms with van der Waals surface area (Å²) in [5, 5.41) is 8.50. The number of aldehydes is 1. The molecule has 68 valence electrons. The van der Waals surface area contributed by atoms with Crippen molar-refractivity contribution in [1.82, 2.24) is 0 Å². The number of carboxylic acids is 1. The Labute approximate surface area is 81.3 Å². The van der Waals surface area contributed by atoms with E-state index in [9.17, 15) is 14.0 Å². The van der Waals surface area contributed by atoms with E-state index in [1.807, 2.05) is 0 Å². The van der Waals surface area contributed by atoms with Crippen molar-refractivity contribution in [2.24, 2.45) is 0 Å². The molecular formula is C8H4BrFO3. The van der Waals surface area contributed by atoms with Gasteiger partial charge in [0.15, 0.2) is 6.29 Å². The van der Waals surface area contributed by atoms with E-state index in [-0.39, 0.29) is 10.0 Å². The predicted molar refractivity (Wildman–Crippen MR) is 46.4 cm³/mol. The van der Waals surface area contributed by atoms with Gasteiger partial charge in [-0.25, -0.2) is 9.18 Å². The first-order chi connectivity index (χ1) is 6.06. The van der Waals surface area contributed by atoms with Crippen molar-refractivity contribution in [3.8, 4) is 0 Å². The summed E-state index contributed by atoms with van der Waals surface area (Å²) < 4.78 is 13.2. The largest absolute Gasteiger partial charge is 0.478 e. The van der Waals surface area contributed by atoms with Gasteiger partial charge in [-0.2, -0.15) is 0 Å². The molecule has 0 aliphatic carbocycles. The summed E-state index contributed by atoms with van der Waals surface area (Å²) in [5.41, 5.74) is -0.375. The monoisotopic (exact) mass is 246 g/mol. The van der Waals surface area contributed by atoms with Crippen LogP contribution >= 0.6 is 15.9 Å². The van der Waals surface area contributed by atoms with Gasteiger partial charge in [-0.3, -0.25) is 4.79 Å². The number of carboxylic acid groups (broad SMARTS) is 1. The Morgan fingerprint density at radius 2 is 2.15 bits per heavy atom. The molecule has 1 aromatic rings. The standard InChI is InChI=1S/C8H4BrFO3/c9-6-2-5(8(12)13)7(10)1-4(6)3-11/h1-3H,(H,12,13). The van der Waals surface area contributed by atoms with Gasteiger partial charge in [0.2, 0.25) is 0 Å². The topological polar surface area (TPSA) is 54.4 Å². The van der Waals surface area contributed by atoms with Crippen molar-refractivity contribution in [3.05, 3.63) is 33.5 Å². The summed E-state index contributed by atoms with van der Waals surface area (Å²) >= 11 is 2.95. The van der Waals surface area contributed by atoms with Gasteiger partial charge in [-0.1, -0.05) is 15.9 Å². The second kappa shape index (κ2) is 3.66. The molecule has 0 bridgehead atoms. The first kappa shape index (κ1) is 9.85. The molecule has 0 aliphatic rings. The molecule has 3 nitrogen and oxygen atoms in total. The van der Waals surface area contributed by atoms with E-state index in [0.717, 1.165) is 12.1 Å². The van der Waals surface area contributed by atoms with Crippen LogP contribution in [0, 0.1) is 5.82 Å². The highest BCUT2D eigenvalue weighted by Gasteiger charge is 2.13. The Kier molecular flexibility index (Phi) is 2.77.